The highest BCUT2D eigenvalue weighted by molar-refractivity contribution is 5.88. The first kappa shape index (κ1) is 34.2. The van der Waals surface area contributed by atoms with Crippen LogP contribution in [0.5, 0.6) is 0 Å². The van der Waals surface area contributed by atoms with Crippen LogP contribution < -0.4 is 0 Å². The quantitative estimate of drug-likeness (QED) is 0.151. The summed E-state index contributed by atoms with van der Waals surface area (Å²) < 4.78 is 37.5. The predicted molar refractivity (Wildman–Crippen MR) is 173 cm³/mol. The third-order valence-corrected chi connectivity index (χ3v) is 12.7. The van der Waals surface area contributed by atoms with Crippen LogP contribution in [0, 0.1) is 28.1 Å². The van der Waals surface area contributed by atoms with Gasteiger partial charge in [-0.2, -0.15) is 0 Å². The van der Waals surface area contributed by atoms with Crippen molar-refractivity contribution in [3.05, 3.63) is 58.6 Å². The normalized spacial score (nSPS) is 40.6. The van der Waals surface area contributed by atoms with Crippen LogP contribution in [0.3, 0.4) is 0 Å². The Morgan fingerprint density at radius 2 is 1.60 bits per heavy atom. The van der Waals surface area contributed by atoms with Crippen molar-refractivity contribution >= 4 is 23.9 Å². The molecule has 0 unspecified atom stereocenters. The van der Waals surface area contributed by atoms with Crippen LogP contribution in [0.4, 0.5) is 0 Å². The third kappa shape index (κ3) is 4.91. The molecule has 10 nitrogen and oxygen atoms in total. The fourth-order valence-corrected chi connectivity index (χ4v) is 10.3. The maximum atomic E-state index is 14.0. The molecule has 6 rings (SSSR count). The van der Waals surface area contributed by atoms with Gasteiger partial charge in [-0.15, -0.1) is 0 Å². The number of rotatable bonds is 6. The average molecular weight is 665 g/mol. The molecular weight excluding hydrogens is 616 g/mol. The lowest BCUT2D eigenvalue weighted by Gasteiger charge is -2.66. The van der Waals surface area contributed by atoms with Crippen molar-refractivity contribution in [2.24, 2.45) is 28.1 Å². The molecule has 11 atom stereocenters. The molecule has 0 amide bonds. The fourth-order valence-electron chi connectivity index (χ4n) is 10.3. The summed E-state index contributed by atoms with van der Waals surface area (Å²) in [4.78, 5) is 53.7. The van der Waals surface area contributed by atoms with E-state index in [1.165, 1.54) is 6.92 Å². The highest BCUT2D eigenvalue weighted by Crippen LogP contribution is 2.72. The van der Waals surface area contributed by atoms with Gasteiger partial charge in [0.2, 0.25) is 0 Å². The molecule has 2 saturated heterocycles. The van der Waals surface area contributed by atoms with Gasteiger partial charge in [-0.25, -0.2) is 9.59 Å². The van der Waals surface area contributed by atoms with E-state index in [1.54, 1.807) is 52.4 Å². The molecule has 1 aromatic heterocycles. The Labute approximate surface area is 282 Å². The van der Waals surface area contributed by atoms with E-state index in [4.69, 9.17) is 28.1 Å². The van der Waals surface area contributed by atoms with Crippen LogP contribution in [0.15, 0.2) is 57.5 Å². The number of hydrogen-bond acceptors (Lipinski definition) is 10. The Balaban J connectivity index is 1.61. The molecule has 10 heteroatoms. The van der Waals surface area contributed by atoms with Crippen LogP contribution in [-0.2, 0) is 42.9 Å². The monoisotopic (exact) mass is 664 g/mol. The van der Waals surface area contributed by atoms with Crippen LogP contribution in [0.25, 0.3) is 0 Å². The number of allylic oxidation sites excluding steroid dienone is 3. The Morgan fingerprint density at radius 3 is 2.21 bits per heavy atom. The summed E-state index contributed by atoms with van der Waals surface area (Å²) in [7, 11) is 0. The molecule has 4 fully saturated rings. The summed E-state index contributed by atoms with van der Waals surface area (Å²) in [6.07, 6.45) is 4.05. The first-order valence-corrected chi connectivity index (χ1v) is 17.0. The number of carbonyl (C=O) groups excluding carboxylic acids is 4. The first-order chi connectivity index (χ1) is 22.6. The van der Waals surface area contributed by atoms with Gasteiger partial charge in [-0.3, -0.25) is 9.59 Å². The zero-order valence-electron chi connectivity index (χ0n) is 29.4. The molecule has 3 heterocycles. The number of fused-ring (bicyclic) bond motifs is 4. The molecule has 0 radical (unpaired) electrons. The molecule has 0 N–H and O–H groups in total. The van der Waals surface area contributed by atoms with Gasteiger partial charge in [-0.1, -0.05) is 38.5 Å². The average Bonchev–Trinajstić information content (AvgIpc) is 3.75. The fraction of sp³-hybridized carbons (Fsp3) is 0.632. The number of ether oxygens (including phenoxy) is 5. The van der Waals surface area contributed by atoms with E-state index in [0.29, 0.717) is 17.6 Å². The van der Waals surface area contributed by atoms with Crippen molar-refractivity contribution in [3.8, 4) is 0 Å². The Bertz CT molecular complexity index is 1600. The minimum absolute atomic E-state index is 0.0154. The molecule has 5 aliphatic rings. The van der Waals surface area contributed by atoms with Crippen molar-refractivity contribution in [3.63, 3.8) is 0 Å². The lowest BCUT2D eigenvalue weighted by molar-refractivity contribution is -0.257. The van der Waals surface area contributed by atoms with E-state index < -0.39 is 76.5 Å². The van der Waals surface area contributed by atoms with Gasteiger partial charge in [0.15, 0.2) is 0 Å². The Kier molecular flexibility index (Phi) is 8.58. The van der Waals surface area contributed by atoms with Crippen molar-refractivity contribution in [1.82, 2.24) is 0 Å². The van der Waals surface area contributed by atoms with Crippen molar-refractivity contribution < 1.29 is 47.3 Å². The lowest BCUT2D eigenvalue weighted by Crippen LogP contribution is -2.72. The minimum atomic E-state index is -0.973. The van der Waals surface area contributed by atoms with E-state index in [-0.39, 0.29) is 31.3 Å². The maximum absolute atomic E-state index is 14.0. The summed E-state index contributed by atoms with van der Waals surface area (Å²) in [5.74, 6) is -2.78. The molecule has 2 aliphatic heterocycles. The van der Waals surface area contributed by atoms with E-state index in [9.17, 15) is 19.2 Å². The van der Waals surface area contributed by atoms with Gasteiger partial charge in [-0.05, 0) is 64.2 Å². The van der Waals surface area contributed by atoms with E-state index in [0.717, 1.165) is 16.7 Å². The molecule has 0 bridgehead atoms. The second kappa shape index (κ2) is 12.0. The zero-order valence-corrected chi connectivity index (χ0v) is 29.4. The minimum Gasteiger partial charge on any atom is -0.472 e. The zero-order chi connectivity index (χ0) is 34.9. The maximum Gasteiger partial charge on any atom is 0.333 e. The van der Waals surface area contributed by atoms with Crippen molar-refractivity contribution in [2.45, 2.75) is 118 Å². The highest BCUT2D eigenvalue weighted by atomic mass is 16.6. The van der Waals surface area contributed by atoms with E-state index in [1.807, 2.05) is 13.0 Å². The molecule has 0 aromatic carbocycles. The Morgan fingerprint density at radius 1 is 0.938 bits per heavy atom. The molecule has 260 valence electrons. The number of hydrogen-bond donors (Lipinski definition) is 0. The van der Waals surface area contributed by atoms with Gasteiger partial charge >= 0.3 is 23.9 Å². The number of furan rings is 1. The topological polar surface area (TPSA) is 128 Å². The number of esters is 4. The van der Waals surface area contributed by atoms with Crippen LogP contribution in [0.1, 0.15) is 93.1 Å². The lowest BCUT2D eigenvalue weighted by atomic mass is 9.39. The van der Waals surface area contributed by atoms with Gasteiger partial charge < -0.3 is 28.1 Å². The van der Waals surface area contributed by atoms with Crippen molar-refractivity contribution in [1.29, 1.82) is 0 Å². The van der Waals surface area contributed by atoms with Crippen LogP contribution >= 0.6 is 0 Å². The summed E-state index contributed by atoms with van der Waals surface area (Å²) in [6.45, 7) is 16.8. The van der Waals surface area contributed by atoms with Gasteiger partial charge in [0.1, 0.15) is 24.4 Å². The molecule has 0 spiro atoms. The highest BCUT2D eigenvalue weighted by Gasteiger charge is 2.78. The summed E-state index contributed by atoms with van der Waals surface area (Å²) in [5, 5.41) is 0. The smallest absolute Gasteiger partial charge is 0.333 e. The molecule has 1 aromatic rings. The van der Waals surface area contributed by atoms with E-state index >= 15 is 0 Å². The third-order valence-electron chi connectivity index (χ3n) is 12.7. The first-order valence-electron chi connectivity index (χ1n) is 17.0. The largest absolute Gasteiger partial charge is 0.472 e. The van der Waals surface area contributed by atoms with Gasteiger partial charge in [0, 0.05) is 59.0 Å². The summed E-state index contributed by atoms with van der Waals surface area (Å²) in [5.41, 5.74) is 1.21. The molecule has 3 aliphatic carbocycles. The van der Waals surface area contributed by atoms with Crippen LogP contribution in [-0.4, -0.2) is 61.0 Å². The van der Waals surface area contributed by atoms with Crippen LogP contribution in [0.2, 0.25) is 0 Å². The van der Waals surface area contributed by atoms with Gasteiger partial charge in [0.25, 0.3) is 0 Å². The molecule has 48 heavy (non-hydrogen) atoms. The van der Waals surface area contributed by atoms with Crippen molar-refractivity contribution in [2.75, 3.05) is 6.61 Å². The second-order valence-corrected chi connectivity index (χ2v) is 15.1. The molecule has 2 saturated carbocycles. The SMILES string of the molecule is C/C=C(\C)C(=O)O[C@@H]1[C@@H]2OC[C@]3(C)[C@H](OC(C)=O)C[C@H](OC(=O)/C(C)=C/C)[C@@](C)([C@@H]23)[C@H]2CC(=O)O[C@H]3C[C@@H](c4ccoc4)C(C)=C3[C@]12C. The van der Waals surface area contributed by atoms with Gasteiger partial charge in [0.05, 0.1) is 25.2 Å². The second-order valence-electron chi connectivity index (χ2n) is 15.1. The Hall–Kier alpha value is -3.66. The summed E-state index contributed by atoms with van der Waals surface area (Å²) in [6, 6.07) is 1.92. The summed E-state index contributed by atoms with van der Waals surface area (Å²) >= 11 is 0. The molecular formula is C38H48O10. The van der Waals surface area contributed by atoms with E-state index in [2.05, 4.69) is 20.8 Å². The predicted octanol–water partition coefficient (Wildman–Crippen LogP) is 6.15. The standard InChI is InChI=1S/C38H48O10/c1-10-19(3)34(41)47-28-16-27(45-22(6)39)36(7)18-44-31-32(36)37(28,8)26-15-29(40)46-25-14-24(23-12-13-43-17-23)21(5)30(25)38(26,9)33(31)48-35(42)20(4)11-2/h10-13,17,24-28,31-33H,14-16,18H2,1-9H3/b19-10+,20-11+/t24-,25+,26-,27-,28+,31-,32+,33-,36-,37+,38-/m1/s1. The number of carbonyl (C=O) groups is 4.